The molecule has 1 unspecified atom stereocenters. The average Bonchev–Trinajstić information content (AvgIpc) is 2.91. The highest BCUT2D eigenvalue weighted by molar-refractivity contribution is 6.03. The van der Waals surface area contributed by atoms with E-state index in [1.54, 1.807) is 6.07 Å². The quantitative estimate of drug-likeness (QED) is 0.0682. The third-order valence-corrected chi connectivity index (χ3v) is 6.86. The number of ether oxygens (including phenoxy) is 3. The minimum Gasteiger partial charge on any atom is -0.481 e. The molecule has 0 bridgehead atoms. The first-order valence-corrected chi connectivity index (χ1v) is 15.0. The maximum Gasteiger partial charge on any atom is 0.308 e. The molecule has 0 heterocycles. The van der Waals surface area contributed by atoms with Crippen LogP contribution in [0.2, 0.25) is 0 Å². The van der Waals surface area contributed by atoms with E-state index in [1.165, 1.54) is 6.92 Å². The van der Waals surface area contributed by atoms with Crippen molar-refractivity contribution in [1.29, 1.82) is 0 Å². The molecule has 0 spiro atoms. The molecule has 3 N–H and O–H groups in total. The first-order chi connectivity index (χ1) is 20.7. The van der Waals surface area contributed by atoms with Crippen LogP contribution in [0.3, 0.4) is 0 Å². The fourth-order valence-electron chi connectivity index (χ4n) is 4.03. The van der Waals surface area contributed by atoms with Gasteiger partial charge in [0.25, 0.3) is 5.91 Å². The highest BCUT2D eigenvalue weighted by Crippen LogP contribution is 2.33. The van der Waals surface area contributed by atoms with Crippen LogP contribution in [-0.4, -0.2) is 67.6 Å². The highest BCUT2D eigenvalue weighted by Gasteiger charge is 2.22. The fraction of sp³-hybridized carbons (Fsp3) is 0.606. The summed E-state index contributed by atoms with van der Waals surface area (Å²) >= 11 is 0. The number of anilines is 1. The zero-order valence-corrected chi connectivity index (χ0v) is 26.9. The van der Waals surface area contributed by atoms with E-state index in [0.717, 1.165) is 18.4 Å². The molecule has 1 rings (SSSR count). The number of carboxylic acid groups (broad SMARTS) is 1. The summed E-state index contributed by atoms with van der Waals surface area (Å²) in [4.78, 5) is 58.1. The molecule has 2 amide bonds. The Morgan fingerprint density at radius 3 is 2.27 bits per heavy atom. The second kappa shape index (κ2) is 20.3. The maximum absolute atomic E-state index is 12.6. The first kappa shape index (κ1) is 38.3. The fourth-order valence-corrected chi connectivity index (χ4v) is 4.03. The number of amides is 2. The van der Waals surface area contributed by atoms with Crippen molar-refractivity contribution in [2.75, 3.05) is 38.3 Å². The number of esters is 1. The van der Waals surface area contributed by atoms with Gasteiger partial charge in [0.1, 0.15) is 0 Å². The third-order valence-electron chi connectivity index (χ3n) is 6.86. The van der Waals surface area contributed by atoms with Crippen LogP contribution in [0.25, 0.3) is 0 Å². The van der Waals surface area contributed by atoms with Crippen molar-refractivity contribution < 1.29 is 43.3 Å². The molecule has 0 aliphatic rings. The molecule has 1 aromatic carbocycles. The van der Waals surface area contributed by atoms with Crippen LogP contribution in [0.4, 0.5) is 5.69 Å². The largest absolute Gasteiger partial charge is 0.481 e. The van der Waals surface area contributed by atoms with Gasteiger partial charge in [-0.15, -0.1) is 0 Å². The van der Waals surface area contributed by atoms with Gasteiger partial charge in [0.2, 0.25) is 11.7 Å². The maximum atomic E-state index is 12.6. The Hall–Kier alpha value is -3.75. The third kappa shape index (κ3) is 18.0. The van der Waals surface area contributed by atoms with E-state index in [9.17, 15) is 24.0 Å². The Kier molecular flexibility index (Phi) is 17.6. The first-order valence-electron chi connectivity index (χ1n) is 15.0. The molecule has 244 valence electrons. The zero-order chi connectivity index (χ0) is 33.1. The average molecular weight is 617 g/mol. The number of ketones is 1. The van der Waals surface area contributed by atoms with E-state index in [-0.39, 0.29) is 69.3 Å². The lowest BCUT2D eigenvalue weighted by atomic mass is 9.76. The van der Waals surface area contributed by atoms with Gasteiger partial charge in [0.15, 0.2) is 5.75 Å². The second-order valence-electron chi connectivity index (χ2n) is 11.9. The van der Waals surface area contributed by atoms with Crippen LogP contribution in [0.15, 0.2) is 18.2 Å². The second-order valence-corrected chi connectivity index (χ2v) is 11.9. The Morgan fingerprint density at radius 1 is 0.932 bits per heavy atom. The number of benzene rings is 1. The number of Topliss-reactive ketones (excluding diaryl/α,β-unsaturated/α-hetero) is 1. The van der Waals surface area contributed by atoms with E-state index >= 15 is 0 Å². The van der Waals surface area contributed by atoms with Gasteiger partial charge in [-0.2, -0.15) is 0 Å². The van der Waals surface area contributed by atoms with Crippen molar-refractivity contribution in [3.05, 3.63) is 23.8 Å². The SMILES string of the molecule is CC(=O)Oc1ccc(C[C@H](C)CC(C)C(C)(C)C)cc1NC(=O)CCOCCCC(=O)C#CC(=O)NCCOCCC(=O)O. The molecule has 11 heteroatoms. The molecule has 0 saturated heterocycles. The van der Waals surface area contributed by atoms with Crippen molar-refractivity contribution in [1.82, 2.24) is 5.32 Å². The minimum absolute atomic E-state index is 0.0457. The number of aliphatic carboxylic acids is 1. The molecule has 44 heavy (non-hydrogen) atoms. The van der Waals surface area contributed by atoms with E-state index in [1.807, 2.05) is 12.1 Å². The van der Waals surface area contributed by atoms with Crippen molar-refractivity contribution in [3.8, 4) is 17.6 Å². The smallest absolute Gasteiger partial charge is 0.308 e. The van der Waals surface area contributed by atoms with Gasteiger partial charge in [0, 0.05) is 32.4 Å². The summed E-state index contributed by atoms with van der Waals surface area (Å²) in [6.45, 7) is 13.2. The molecule has 2 atom stereocenters. The van der Waals surface area contributed by atoms with Crippen molar-refractivity contribution in [2.24, 2.45) is 17.3 Å². The predicted octanol–water partition coefficient (Wildman–Crippen LogP) is 4.17. The van der Waals surface area contributed by atoms with Gasteiger partial charge in [-0.3, -0.25) is 24.0 Å². The molecule has 0 fully saturated rings. The van der Waals surface area contributed by atoms with Crippen molar-refractivity contribution >= 4 is 35.2 Å². The summed E-state index contributed by atoms with van der Waals surface area (Å²) in [7, 11) is 0. The van der Waals surface area contributed by atoms with E-state index in [0.29, 0.717) is 23.9 Å². The zero-order valence-electron chi connectivity index (χ0n) is 26.9. The molecule has 11 nitrogen and oxygen atoms in total. The number of carbonyl (C=O) groups is 5. The van der Waals surface area contributed by atoms with Crippen molar-refractivity contribution in [3.63, 3.8) is 0 Å². The summed E-state index contributed by atoms with van der Waals surface area (Å²) in [5, 5.41) is 13.8. The number of rotatable bonds is 19. The Labute approximate surface area is 260 Å². The lowest BCUT2D eigenvalue weighted by molar-refractivity contribution is -0.138. The summed E-state index contributed by atoms with van der Waals surface area (Å²) in [5.74, 6) is 2.92. The Morgan fingerprint density at radius 2 is 1.61 bits per heavy atom. The van der Waals surface area contributed by atoms with Gasteiger partial charge in [-0.1, -0.05) is 40.7 Å². The molecular weight excluding hydrogens is 568 g/mol. The van der Waals surface area contributed by atoms with Gasteiger partial charge < -0.3 is 30.0 Å². The highest BCUT2D eigenvalue weighted by atomic mass is 16.5. The van der Waals surface area contributed by atoms with Crippen LogP contribution >= 0.6 is 0 Å². The van der Waals surface area contributed by atoms with Gasteiger partial charge in [-0.25, -0.2) is 0 Å². The monoisotopic (exact) mass is 616 g/mol. The van der Waals surface area contributed by atoms with Crippen LogP contribution in [0.5, 0.6) is 5.75 Å². The van der Waals surface area contributed by atoms with Gasteiger partial charge in [-0.05, 0) is 60.1 Å². The van der Waals surface area contributed by atoms with Gasteiger partial charge in [0.05, 0.1) is 38.3 Å². The van der Waals surface area contributed by atoms with Gasteiger partial charge >= 0.3 is 11.9 Å². The Balaban J connectivity index is 2.43. The minimum atomic E-state index is -0.968. The van der Waals surface area contributed by atoms with Crippen LogP contribution in [-0.2, 0) is 39.9 Å². The Bertz CT molecular complexity index is 1180. The van der Waals surface area contributed by atoms with E-state index < -0.39 is 23.6 Å². The molecule has 0 aromatic heterocycles. The summed E-state index contributed by atoms with van der Waals surface area (Å²) in [5.41, 5.74) is 1.69. The van der Waals surface area contributed by atoms with E-state index in [2.05, 4.69) is 57.1 Å². The van der Waals surface area contributed by atoms with Crippen LogP contribution in [0, 0.1) is 29.1 Å². The molecule has 0 aliphatic heterocycles. The molecule has 0 radical (unpaired) electrons. The summed E-state index contributed by atoms with van der Waals surface area (Å²) in [6, 6.07) is 5.46. The number of hydrogen-bond acceptors (Lipinski definition) is 8. The van der Waals surface area contributed by atoms with Crippen LogP contribution in [0.1, 0.15) is 79.2 Å². The van der Waals surface area contributed by atoms with Crippen LogP contribution < -0.4 is 15.4 Å². The lowest BCUT2D eigenvalue weighted by Gasteiger charge is -2.29. The summed E-state index contributed by atoms with van der Waals surface area (Å²) in [6.07, 6.45) is 2.30. The van der Waals surface area contributed by atoms with Crippen molar-refractivity contribution in [2.45, 2.75) is 80.1 Å². The predicted molar refractivity (Wildman–Crippen MR) is 166 cm³/mol. The topological polar surface area (TPSA) is 157 Å². The molecule has 0 saturated carbocycles. The number of nitrogens with one attached hydrogen (secondary N) is 2. The normalized spacial score (nSPS) is 12.3. The molecular formula is C33H48N2O9. The standard InChI is InChI=1S/C33H48N2O9/c1-23(20-24(2)33(4,5)6)21-26-9-11-29(44-25(3)36)28(22-26)35-31(39)13-17-42-16-7-8-27(37)10-12-30(38)34-15-19-43-18-14-32(40)41/h9,11,22-24H,7-8,13-21H2,1-6H3,(H,34,38)(H,35,39)(H,40,41)/t23-,24?/m1/s1. The number of carboxylic acids is 1. The number of hydrogen-bond donors (Lipinski definition) is 3. The molecule has 1 aromatic rings. The number of carbonyl (C=O) groups excluding carboxylic acids is 4. The molecule has 0 aliphatic carbocycles. The summed E-state index contributed by atoms with van der Waals surface area (Å²) < 4.78 is 15.8. The van der Waals surface area contributed by atoms with E-state index in [4.69, 9.17) is 19.3 Å². The lowest BCUT2D eigenvalue weighted by Crippen LogP contribution is -2.26.